The highest BCUT2D eigenvalue weighted by Crippen LogP contribution is 2.42. The Morgan fingerprint density at radius 3 is 2.59 bits per heavy atom. The molecule has 0 radical (unpaired) electrons. The summed E-state index contributed by atoms with van der Waals surface area (Å²) < 4.78 is 6.23. The molecule has 7 heteroatoms. The van der Waals surface area contributed by atoms with E-state index in [-0.39, 0.29) is 6.42 Å². The van der Waals surface area contributed by atoms with Crippen molar-refractivity contribution in [2.45, 2.75) is 39.7 Å². The summed E-state index contributed by atoms with van der Waals surface area (Å²) in [6.07, 6.45) is 1.56. The first kappa shape index (κ1) is 21.8. The summed E-state index contributed by atoms with van der Waals surface area (Å²) in [5, 5.41) is 17.9. The molecule has 0 fully saturated rings. The van der Waals surface area contributed by atoms with E-state index < -0.39 is 11.6 Å². The van der Waals surface area contributed by atoms with Gasteiger partial charge in [-0.15, -0.1) is 0 Å². The number of hydrogen-bond acceptors (Lipinski definition) is 4. The quantitative estimate of drug-likeness (QED) is 0.386. The Bertz CT molecular complexity index is 1310. The van der Waals surface area contributed by atoms with Gasteiger partial charge in [-0.2, -0.15) is 5.10 Å². The molecule has 0 amide bonds. The van der Waals surface area contributed by atoms with Crippen molar-refractivity contribution in [1.82, 2.24) is 15.2 Å². The number of aromatic nitrogens is 3. The fraction of sp³-hybridized carbons (Fsp3) is 0.240. The molecular weight excluding hydrogens is 426 g/mol. The molecule has 0 aliphatic carbocycles. The molecule has 0 bridgehead atoms. The number of aromatic amines is 1. The minimum atomic E-state index is -0.900. The first-order valence-electron chi connectivity index (χ1n) is 10.3. The van der Waals surface area contributed by atoms with E-state index in [0.29, 0.717) is 10.8 Å². The van der Waals surface area contributed by atoms with Crippen LogP contribution in [-0.2, 0) is 11.2 Å². The SMILES string of the molecule is Cc1cc2nc(-c3ccn[nH]3)ccc2c(-c2ccc(Cl)cc2OC(C)(C)C)c1CC(=O)O. The zero-order valence-electron chi connectivity index (χ0n) is 18.4. The molecule has 2 heterocycles. The summed E-state index contributed by atoms with van der Waals surface area (Å²) in [5.41, 5.74) is 5.02. The summed E-state index contributed by atoms with van der Waals surface area (Å²) in [6.45, 7) is 7.79. The number of carboxylic acids is 1. The van der Waals surface area contributed by atoms with Crippen molar-refractivity contribution in [3.8, 4) is 28.3 Å². The van der Waals surface area contributed by atoms with Crippen molar-refractivity contribution in [2.75, 3.05) is 0 Å². The molecule has 32 heavy (non-hydrogen) atoms. The number of fused-ring (bicyclic) bond motifs is 1. The number of carbonyl (C=O) groups is 1. The minimum Gasteiger partial charge on any atom is -0.487 e. The second-order valence-electron chi connectivity index (χ2n) is 8.71. The van der Waals surface area contributed by atoms with Gasteiger partial charge in [0.15, 0.2) is 0 Å². The van der Waals surface area contributed by atoms with Crippen LogP contribution < -0.4 is 4.74 Å². The lowest BCUT2D eigenvalue weighted by Crippen LogP contribution is -2.23. The maximum atomic E-state index is 11.7. The Balaban J connectivity index is 2.03. The first-order valence-corrected chi connectivity index (χ1v) is 10.6. The van der Waals surface area contributed by atoms with E-state index in [2.05, 4.69) is 10.2 Å². The summed E-state index contributed by atoms with van der Waals surface area (Å²) in [5.74, 6) is -0.302. The first-order chi connectivity index (χ1) is 15.1. The zero-order chi connectivity index (χ0) is 23.0. The number of pyridine rings is 1. The molecule has 164 valence electrons. The van der Waals surface area contributed by atoms with Crippen LogP contribution in [0, 0.1) is 6.92 Å². The number of carboxylic acid groups (broad SMARTS) is 1. The highest BCUT2D eigenvalue weighted by atomic mass is 35.5. The number of aliphatic carboxylic acids is 1. The predicted molar refractivity (Wildman–Crippen MR) is 126 cm³/mol. The van der Waals surface area contributed by atoms with Gasteiger partial charge in [0.05, 0.1) is 23.3 Å². The van der Waals surface area contributed by atoms with Gasteiger partial charge in [0.25, 0.3) is 0 Å². The molecule has 0 aliphatic heterocycles. The monoisotopic (exact) mass is 449 g/mol. The van der Waals surface area contributed by atoms with E-state index >= 15 is 0 Å². The number of hydrogen-bond donors (Lipinski definition) is 2. The molecule has 2 aromatic heterocycles. The molecule has 0 atom stereocenters. The average molecular weight is 450 g/mol. The highest BCUT2D eigenvalue weighted by Gasteiger charge is 2.22. The zero-order valence-corrected chi connectivity index (χ0v) is 19.1. The number of H-pyrrole nitrogens is 1. The van der Waals surface area contributed by atoms with Crippen LogP contribution in [-0.4, -0.2) is 31.9 Å². The lowest BCUT2D eigenvalue weighted by molar-refractivity contribution is -0.136. The summed E-state index contributed by atoms with van der Waals surface area (Å²) in [7, 11) is 0. The molecule has 4 rings (SSSR count). The Hall–Kier alpha value is -3.38. The standard InChI is InChI=1S/C25H24ClN3O3/c1-14-11-21-16(7-8-19(28-21)20-9-10-27-29-20)24(18(14)13-23(30)31)17-6-5-15(26)12-22(17)32-25(2,3)4/h5-12H,13H2,1-4H3,(H,27,29)(H,30,31). The van der Waals surface area contributed by atoms with Gasteiger partial charge in [0, 0.05) is 22.2 Å². The fourth-order valence-electron chi connectivity index (χ4n) is 3.80. The van der Waals surface area contributed by atoms with E-state index in [1.165, 1.54) is 0 Å². The molecule has 0 saturated carbocycles. The Morgan fingerprint density at radius 2 is 1.94 bits per heavy atom. The van der Waals surface area contributed by atoms with Gasteiger partial charge in [-0.3, -0.25) is 9.89 Å². The van der Waals surface area contributed by atoms with Gasteiger partial charge < -0.3 is 9.84 Å². The third-order valence-corrected chi connectivity index (χ3v) is 5.29. The molecule has 2 N–H and O–H groups in total. The number of ether oxygens (including phenoxy) is 1. The predicted octanol–water partition coefficient (Wildman–Crippen LogP) is 6.06. The maximum Gasteiger partial charge on any atom is 0.307 e. The third kappa shape index (κ3) is 4.46. The van der Waals surface area contributed by atoms with Crippen LogP contribution in [0.15, 0.2) is 48.7 Å². The molecule has 0 saturated heterocycles. The molecule has 2 aromatic carbocycles. The van der Waals surface area contributed by atoms with Gasteiger partial charge in [-0.05, 0) is 86.8 Å². The van der Waals surface area contributed by atoms with E-state index in [1.54, 1.807) is 18.3 Å². The fourth-order valence-corrected chi connectivity index (χ4v) is 3.96. The van der Waals surface area contributed by atoms with E-state index in [9.17, 15) is 9.90 Å². The lowest BCUT2D eigenvalue weighted by Gasteiger charge is -2.25. The van der Waals surface area contributed by atoms with Gasteiger partial charge >= 0.3 is 5.97 Å². The molecule has 6 nitrogen and oxygen atoms in total. The second-order valence-corrected chi connectivity index (χ2v) is 9.14. The van der Waals surface area contributed by atoms with Crippen LogP contribution >= 0.6 is 11.6 Å². The van der Waals surface area contributed by atoms with Crippen molar-refractivity contribution in [1.29, 1.82) is 0 Å². The molecule has 0 unspecified atom stereocenters. The van der Waals surface area contributed by atoms with Crippen LogP contribution in [0.1, 0.15) is 31.9 Å². The third-order valence-electron chi connectivity index (χ3n) is 5.06. The average Bonchev–Trinajstić information content (AvgIpc) is 3.22. The number of rotatable bonds is 5. The Labute approximate surface area is 191 Å². The summed E-state index contributed by atoms with van der Waals surface area (Å²) in [6, 6.07) is 13.1. The van der Waals surface area contributed by atoms with Crippen LogP contribution in [0.4, 0.5) is 0 Å². The smallest absolute Gasteiger partial charge is 0.307 e. The van der Waals surface area contributed by atoms with Crippen molar-refractivity contribution in [3.05, 3.63) is 64.8 Å². The normalized spacial score (nSPS) is 11.7. The molecular formula is C25H24ClN3O3. The lowest BCUT2D eigenvalue weighted by atomic mass is 9.89. The summed E-state index contributed by atoms with van der Waals surface area (Å²) in [4.78, 5) is 16.6. The maximum absolute atomic E-state index is 11.7. The topological polar surface area (TPSA) is 88.1 Å². The molecule has 0 aliphatic rings. The van der Waals surface area contributed by atoms with Gasteiger partial charge in [0.2, 0.25) is 0 Å². The van der Waals surface area contributed by atoms with Crippen molar-refractivity contribution >= 4 is 28.5 Å². The van der Waals surface area contributed by atoms with E-state index in [4.69, 9.17) is 21.3 Å². The number of nitrogens with zero attached hydrogens (tertiary/aromatic N) is 2. The van der Waals surface area contributed by atoms with Crippen LogP contribution in [0.25, 0.3) is 33.4 Å². The van der Waals surface area contributed by atoms with Gasteiger partial charge in [-0.1, -0.05) is 11.6 Å². The van der Waals surface area contributed by atoms with Crippen LogP contribution in [0.3, 0.4) is 0 Å². The van der Waals surface area contributed by atoms with Crippen LogP contribution in [0.5, 0.6) is 5.75 Å². The van der Waals surface area contributed by atoms with Crippen LogP contribution in [0.2, 0.25) is 5.02 Å². The number of aryl methyl sites for hydroxylation is 1. The Morgan fingerprint density at radius 1 is 1.16 bits per heavy atom. The summed E-state index contributed by atoms with van der Waals surface area (Å²) >= 11 is 6.29. The number of nitrogens with one attached hydrogen (secondary N) is 1. The van der Waals surface area contributed by atoms with Crippen molar-refractivity contribution < 1.29 is 14.6 Å². The van der Waals surface area contributed by atoms with Crippen molar-refractivity contribution in [2.24, 2.45) is 0 Å². The molecule has 0 spiro atoms. The van der Waals surface area contributed by atoms with E-state index in [0.717, 1.165) is 44.5 Å². The number of benzene rings is 2. The Kier molecular flexibility index (Phi) is 5.65. The molecule has 4 aromatic rings. The number of halogens is 1. The van der Waals surface area contributed by atoms with E-state index in [1.807, 2.05) is 58.0 Å². The van der Waals surface area contributed by atoms with Gasteiger partial charge in [-0.25, -0.2) is 4.98 Å². The van der Waals surface area contributed by atoms with Crippen molar-refractivity contribution in [3.63, 3.8) is 0 Å². The van der Waals surface area contributed by atoms with Gasteiger partial charge in [0.1, 0.15) is 11.4 Å². The largest absolute Gasteiger partial charge is 0.487 e. The minimum absolute atomic E-state index is 0.114. The second kappa shape index (κ2) is 8.28. The highest BCUT2D eigenvalue weighted by molar-refractivity contribution is 6.30.